The Kier molecular flexibility index (Phi) is 5.00. The normalized spacial score (nSPS) is 26.8. The molecule has 1 heteroatoms. The summed E-state index contributed by atoms with van der Waals surface area (Å²) in [6, 6.07) is 0. The minimum Gasteiger partial charge on any atom is -0.148 e. The molecule has 1 atom stereocenters. The fourth-order valence-electron chi connectivity index (χ4n) is 1.26. The van der Waals surface area contributed by atoms with Crippen LogP contribution < -0.4 is 0 Å². The van der Waals surface area contributed by atoms with Crippen LogP contribution in [0.4, 0.5) is 0 Å². The Morgan fingerprint density at radius 1 is 1.42 bits per heavy atom. The zero-order valence-corrected chi connectivity index (χ0v) is 9.91. The van der Waals surface area contributed by atoms with Gasteiger partial charge < -0.3 is 0 Å². The van der Waals surface area contributed by atoms with Gasteiger partial charge in [0.1, 0.15) is 0 Å². The lowest BCUT2D eigenvalue weighted by Gasteiger charge is -2.34. The second-order valence-corrected chi connectivity index (χ2v) is 4.57. The van der Waals surface area contributed by atoms with Crippen LogP contribution in [0.5, 0.6) is 0 Å². The summed E-state index contributed by atoms with van der Waals surface area (Å²) in [4.78, 5) is 1.27. The van der Waals surface area contributed by atoms with Gasteiger partial charge in [-0.1, -0.05) is 40.7 Å². The van der Waals surface area contributed by atoms with Gasteiger partial charge in [0.05, 0.1) is 0 Å². The highest BCUT2D eigenvalue weighted by Gasteiger charge is 2.27. The lowest BCUT2D eigenvalue weighted by molar-refractivity contribution is 0.223. The van der Waals surface area contributed by atoms with Gasteiger partial charge in [-0.3, -0.25) is 0 Å². The third-order valence-corrected chi connectivity index (χ3v) is 3.08. The number of hydrogen-bond donors (Lipinski definition) is 1. The van der Waals surface area contributed by atoms with E-state index in [0.717, 1.165) is 12.3 Å². The predicted octanol–water partition coefficient (Wildman–Crippen LogP) is 4.28. The maximum absolute atomic E-state index is 4.36. The van der Waals surface area contributed by atoms with E-state index in [4.69, 9.17) is 0 Å². The summed E-state index contributed by atoms with van der Waals surface area (Å²) in [5, 5.41) is 0. The fraction of sp³-hybridized carbons (Fsp3) is 0.818. The van der Waals surface area contributed by atoms with Gasteiger partial charge in [-0.15, -0.1) is 12.6 Å². The van der Waals surface area contributed by atoms with Gasteiger partial charge in [0.25, 0.3) is 0 Å². The first kappa shape index (κ1) is 12.1. The molecule has 0 radical (unpaired) electrons. The molecule has 0 aromatic heterocycles. The Morgan fingerprint density at radius 2 is 1.92 bits per heavy atom. The SMILES string of the molecule is CC.CC1CC(S)=CCC1(C)C. The van der Waals surface area contributed by atoms with Crippen LogP contribution in [-0.2, 0) is 0 Å². The van der Waals surface area contributed by atoms with E-state index in [0.29, 0.717) is 5.41 Å². The molecule has 0 aromatic rings. The standard InChI is InChI=1S/C9H16S.C2H6/c1-7-6-8(10)4-5-9(7,2)3;1-2/h4,7,10H,5-6H2,1-3H3;1-2H3. The number of rotatable bonds is 0. The van der Waals surface area contributed by atoms with E-state index in [-0.39, 0.29) is 0 Å². The quantitative estimate of drug-likeness (QED) is 0.536. The van der Waals surface area contributed by atoms with Gasteiger partial charge in [0, 0.05) is 0 Å². The highest BCUT2D eigenvalue weighted by Crippen LogP contribution is 2.40. The smallest absolute Gasteiger partial charge is 0.0193 e. The molecule has 1 rings (SSSR count). The third kappa shape index (κ3) is 3.22. The minimum atomic E-state index is 0.492. The molecule has 0 saturated heterocycles. The van der Waals surface area contributed by atoms with Gasteiger partial charge in [-0.25, -0.2) is 0 Å². The van der Waals surface area contributed by atoms with Crippen molar-refractivity contribution in [1.82, 2.24) is 0 Å². The summed E-state index contributed by atoms with van der Waals surface area (Å²) in [5.41, 5.74) is 0.492. The van der Waals surface area contributed by atoms with E-state index >= 15 is 0 Å². The van der Waals surface area contributed by atoms with Crippen molar-refractivity contribution in [2.45, 2.75) is 47.5 Å². The summed E-state index contributed by atoms with van der Waals surface area (Å²) in [7, 11) is 0. The lowest BCUT2D eigenvalue weighted by atomic mass is 9.73. The summed E-state index contributed by atoms with van der Waals surface area (Å²) < 4.78 is 0. The molecule has 0 fully saturated rings. The van der Waals surface area contributed by atoms with Gasteiger partial charge in [-0.2, -0.15) is 0 Å². The van der Waals surface area contributed by atoms with E-state index < -0.39 is 0 Å². The average molecular weight is 186 g/mol. The highest BCUT2D eigenvalue weighted by molar-refractivity contribution is 7.84. The van der Waals surface area contributed by atoms with E-state index in [1.54, 1.807) is 0 Å². The molecule has 0 N–H and O–H groups in total. The summed E-state index contributed by atoms with van der Waals surface area (Å²) in [6.07, 6.45) is 4.60. The predicted molar refractivity (Wildman–Crippen MR) is 60.6 cm³/mol. The molecule has 0 aromatic carbocycles. The van der Waals surface area contributed by atoms with E-state index in [1.807, 2.05) is 13.8 Å². The molecule has 0 bridgehead atoms. The molecule has 0 spiro atoms. The van der Waals surface area contributed by atoms with Crippen molar-refractivity contribution in [1.29, 1.82) is 0 Å². The van der Waals surface area contributed by atoms with Gasteiger partial charge in [0.2, 0.25) is 0 Å². The maximum atomic E-state index is 4.36. The zero-order valence-electron chi connectivity index (χ0n) is 9.02. The van der Waals surface area contributed by atoms with E-state index in [2.05, 4.69) is 39.5 Å². The molecular formula is C11H22S. The third-order valence-electron chi connectivity index (χ3n) is 2.71. The number of allylic oxidation sites excluding steroid dienone is 2. The van der Waals surface area contributed by atoms with Crippen molar-refractivity contribution in [3.05, 3.63) is 11.0 Å². The van der Waals surface area contributed by atoms with Crippen molar-refractivity contribution in [3.63, 3.8) is 0 Å². The van der Waals surface area contributed by atoms with Crippen LogP contribution in [-0.4, -0.2) is 0 Å². The van der Waals surface area contributed by atoms with Crippen LogP contribution in [0.25, 0.3) is 0 Å². The summed E-state index contributed by atoms with van der Waals surface area (Å²) in [6.45, 7) is 11.0. The number of thiol groups is 1. The Morgan fingerprint density at radius 3 is 2.25 bits per heavy atom. The second-order valence-electron chi connectivity index (χ2n) is 3.99. The van der Waals surface area contributed by atoms with Crippen molar-refractivity contribution < 1.29 is 0 Å². The summed E-state index contributed by atoms with van der Waals surface area (Å²) in [5.74, 6) is 0.782. The van der Waals surface area contributed by atoms with Crippen molar-refractivity contribution in [2.75, 3.05) is 0 Å². The van der Waals surface area contributed by atoms with Crippen LogP contribution in [0.2, 0.25) is 0 Å². The maximum Gasteiger partial charge on any atom is -0.0193 e. The first-order chi connectivity index (χ1) is 5.52. The Labute approximate surface area is 82.9 Å². The topological polar surface area (TPSA) is 0 Å². The monoisotopic (exact) mass is 186 g/mol. The first-order valence-corrected chi connectivity index (χ1v) is 5.35. The highest BCUT2D eigenvalue weighted by atomic mass is 32.1. The van der Waals surface area contributed by atoms with Crippen LogP contribution in [0, 0.1) is 11.3 Å². The second kappa shape index (κ2) is 4.96. The molecule has 0 heterocycles. The minimum absolute atomic E-state index is 0.492. The van der Waals surface area contributed by atoms with Crippen molar-refractivity contribution in [3.8, 4) is 0 Å². The average Bonchev–Trinajstić information content (AvgIpc) is 2.03. The van der Waals surface area contributed by atoms with Gasteiger partial charge in [0.15, 0.2) is 0 Å². The zero-order chi connectivity index (χ0) is 9.78. The van der Waals surface area contributed by atoms with Crippen LogP contribution in [0.1, 0.15) is 47.5 Å². The Hall–Kier alpha value is 0.0900. The molecule has 0 saturated carbocycles. The lowest BCUT2D eigenvalue weighted by Crippen LogP contribution is -2.23. The van der Waals surface area contributed by atoms with Crippen LogP contribution in [0.15, 0.2) is 11.0 Å². The van der Waals surface area contributed by atoms with Gasteiger partial charge in [-0.05, 0) is 29.1 Å². The number of hydrogen-bond acceptors (Lipinski definition) is 1. The molecule has 0 amide bonds. The molecule has 0 aliphatic heterocycles. The van der Waals surface area contributed by atoms with E-state index in [9.17, 15) is 0 Å². The first-order valence-electron chi connectivity index (χ1n) is 4.90. The van der Waals surface area contributed by atoms with E-state index in [1.165, 1.54) is 11.3 Å². The van der Waals surface area contributed by atoms with Crippen molar-refractivity contribution in [2.24, 2.45) is 11.3 Å². The van der Waals surface area contributed by atoms with Crippen molar-refractivity contribution >= 4 is 12.6 Å². The molecule has 72 valence electrons. The largest absolute Gasteiger partial charge is 0.148 e. The molecular weight excluding hydrogens is 164 g/mol. The molecule has 1 unspecified atom stereocenters. The molecule has 1 aliphatic carbocycles. The molecule has 12 heavy (non-hydrogen) atoms. The fourth-order valence-corrected chi connectivity index (χ4v) is 1.62. The molecule has 0 nitrogen and oxygen atoms in total. The van der Waals surface area contributed by atoms with Crippen LogP contribution >= 0.6 is 12.6 Å². The molecule has 1 aliphatic rings. The Bertz CT molecular complexity index is 156. The Balaban J connectivity index is 0.000000561. The summed E-state index contributed by atoms with van der Waals surface area (Å²) >= 11 is 4.36. The van der Waals surface area contributed by atoms with Crippen LogP contribution in [0.3, 0.4) is 0 Å². The van der Waals surface area contributed by atoms with Gasteiger partial charge >= 0.3 is 0 Å².